The minimum atomic E-state index is -0.172. The minimum absolute atomic E-state index is 0.172. The summed E-state index contributed by atoms with van der Waals surface area (Å²) in [4.78, 5) is 4.41. The average molecular weight is 337 g/mol. The first-order chi connectivity index (χ1) is 12.3. The van der Waals surface area contributed by atoms with Crippen LogP contribution in [0.5, 0.6) is 0 Å². The number of likely N-dealkylation sites (N-methyl/N-ethyl adjacent to an activating group) is 1. The number of hydrogen-bond acceptors (Lipinski definition) is 5. The van der Waals surface area contributed by atoms with E-state index in [9.17, 15) is 0 Å². The standard InChI is InChI=1S/C20H23N3O2/c1-15(21-2)13-18-22-19(25-23-18)14-24-20(16-9-5-3-6-10-16)17-11-7-4-8-12-17/h3-12,15,20-21H,13-14H2,1-2H3. The van der Waals surface area contributed by atoms with Gasteiger partial charge in [0, 0.05) is 12.5 Å². The Morgan fingerprint density at radius 3 is 2.16 bits per heavy atom. The predicted molar refractivity (Wildman–Crippen MR) is 96.0 cm³/mol. The van der Waals surface area contributed by atoms with Crippen LogP contribution in [0.25, 0.3) is 0 Å². The zero-order valence-electron chi connectivity index (χ0n) is 14.6. The van der Waals surface area contributed by atoms with Gasteiger partial charge in [-0.2, -0.15) is 4.98 Å². The van der Waals surface area contributed by atoms with E-state index in [4.69, 9.17) is 9.26 Å². The summed E-state index contributed by atoms with van der Waals surface area (Å²) in [6, 6.07) is 20.6. The normalized spacial score (nSPS) is 12.4. The molecule has 0 saturated carbocycles. The van der Waals surface area contributed by atoms with E-state index in [0.29, 0.717) is 17.8 Å². The maximum Gasteiger partial charge on any atom is 0.252 e. The molecule has 0 aliphatic carbocycles. The molecular formula is C20H23N3O2. The lowest BCUT2D eigenvalue weighted by Gasteiger charge is -2.17. The van der Waals surface area contributed by atoms with E-state index in [-0.39, 0.29) is 12.7 Å². The summed E-state index contributed by atoms with van der Waals surface area (Å²) in [6.45, 7) is 2.35. The zero-order valence-corrected chi connectivity index (χ0v) is 14.6. The van der Waals surface area contributed by atoms with Gasteiger partial charge >= 0.3 is 0 Å². The number of nitrogens with one attached hydrogen (secondary N) is 1. The zero-order chi connectivity index (χ0) is 17.5. The van der Waals surface area contributed by atoms with Crippen LogP contribution in [0, 0.1) is 0 Å². The molecule has 1 aromatic heterocycles. The van der Waals surface area contributed by atoms with Crippen molar-refractivity contribution in [3.8, 4) is 0 Å². The maximum atomic E-state index is 6.13. The second-order valence-corrected chi connectivity index (χ2v) is 6.01. The highest BCUT2D eigenvalue weighted by atomic mass is 16.5. The van der Waals surface area contributed by atoms with Gasteiger partial charge in [0.05, 0.1) is 0 Å². The molecule has 0 amide bonds. The predicted octanol–water partition coefficient (Wildman–Crippen LogP) is 3.53. The van der Waals surface area contributed by atoms with Crippen LogP contribution < -0.4 is 5.32 Å². The van der Waals surface area contributed by atoms with Crippen molar-refractivity contribution in [3.63, 3.8) is 0 Å². The molecule has 1 unspecified atom stereocenters. The molecule has 5 heteroatoms. The Morgan fingerprint density at radius 1 is 1.00 bits per heavy atom. The first-order valence-corrected chi connectivity index (χ1v) is 8.46. The maximum absolute atomic E-state index is 6.13. The molecule has 3 aromatic rings. The quantitative estimate of drug-likeness (QED) is 0.681. The molecule has 5 nitrogen and oxygen atoms in total. The van der Waals surface area contributed by atoms with Gasteiger partial charge in [0.2, 0.25) is 0 Å². The minimum Gasteiger partial charge on any atom is -0.359 e. The third-order valence-electron chi connectivity index (χ3n) is 4.07. The molecular weight excluding hydrogens is 314 g/mol. The highest BCUT2D eigenvalue weighted by molar-refractivity contribution is 5.29. The third-order valence-corrected chi connectivity index (χ3v) is 4.07. The number of hydrogen-bond donors (Lipinski definition) is 1. The van der Waals surface area contributed by atoms with Crippen molar-refractivity contribution < 1.29 is 9.26 Å². The number of ether oxygens (including phenoxy) is 1. The van der Waals surface area contributed by atoms with Crippen LogP contribution in [0.3, 0.4) is 0 Å². The molecule has 0 aliphatic heterocycles. The fraction of sp³-hybridized carbons (Fsp3) is 0.300. The first-order valence-electron chi connectivity index (χ1n) is 8.46. The van der Waals surface area contributed by atoms with E-state index in [1.54, 1.807) is 0 Å². The van der Waals surface area contributed by atoms with E-state index in [1.165, 1.54) is 0 Å². The number of rotatable bonds is 8. The molecule has 0 fully saturated rings. The van der Waals surface area contributed by atoms with E-state index in [1.807, 2.05) is 43.4 Å². The Balaban J connectivity index is 1.71. The van der Waals surface area contributed by atoms with Crippen molar-refractivity contribution >= 4 is 0 Å². The Labute approximate surface area is 148 Å². The van der Waals surface area contributed by atoms with Crippen LogP contribution in [-0.4, -0.2) is 23.2 Å². The second kappa shape index (κ2) is 8.55. The smallest absolute Gasteiger partial charge is 0.252 e. The van der Waals surface area contributed by atoms with E-state index >= 15 is 0 Å². The molecule has 0 bridgehead atoms. The van der Waals surface area contributed by atoms with Gasteiger partial charge in [0.1, 0.15) is 12.7 Å². The largest absolute Gasteiger partial charge is 0.359 e. The fourth-order valence-corrected chi connectivity index (χ4v) is 2.60. The summed E-state index contributed by atoms with van der Waals surface area (Å²) in [5.41, 5.74) is 2.19. The van der Waals surface area contributed by atoms with Crippen LogP contribution in [0.15, 0.2) is 65.2 Å². The second-order valence-electron chi connectivity index (χ2n) is 6.01. The van der Waals surface area contributed by atoms with Gasteiger partial charge in [-0.15, -0.1) is 0 Å². The number of aromatic nitrogens is 2. The Bertz CT molecular complexity index is 719. The monoisotopic (exact) mass is 337 g/mol. The average Bonchev–Trinajstić information content (AvgIpc) is 3.11. The summed E-state index contributed by atoms with van der Waals surface area (Å²) in [5, 5.41) is 7.18. The van der Waals surface area contributed by atoms with Crippen LogP contribution in [-0.2, 0) is 17.8 Å². The van der Waals surface area contributed by atoms with Gasteiger partial charge in [-0.25, -0.2) is 0 Å². The van der Waals surface area contributed by atoms with Crippen LogP contribution in [0.2, 0.25) is 0 Å². The molecule has 25 heavy (non-hydrogen) atoms. The molecule has 0 spiro atoms. The van der Waals surface area contributed by atoms with Crippen molar-refractivity contribution in [1.29, 1.82) is 0 Å². The van der Waals surface area contributed by atoms with Crippen molar-refractivity contribution in [1.82, 2.24) is 15.5 Å². The van der Waals surface area contributed by atoms with Crippen molar-refractivity contribution in [2.45, 2.75) is 32.1 Å². The van der Waals surface area contributed by atoms with Crippen molar-refractivity contribution in [2.75, 3.05) is 7.05 Å². The Hall–Kier alpha value is -2.50. The fourth-order valence-electron chi connectivity index (χ4n) is 2.60. The van der Waals surface area contributed by atoms with Crippen LogP contribution >= 0.6 is 0 Å². The van der Waals surface area contributed by atoms with E-state index in [2.05, 4.69) is 46.6 Å². The van der Waals surface area contributed by atoms with Crippen LogP contribution in [0.4, 0.5) is 0 Å². The molecule has 0 saturated heterocycles. The lowest BCUT2D eigenvalue weighted by Crippen LogP contribution is -2.24. The van der Waals surface area contributed by atoms with Crippen LogP contribution in [0.1, 0.15) is 35.9 Å². The molecule has 2 aromatic carbocycles. The molecule has 1 heterocycles. The SMILES string of the molecule is CNC(C)Cc1noc(COC(c2ccccc2)c2ccccc2)n1. The number of benzene rings is 2. The highest BCUT2D eigenvalue weighted by Crippen LogP contribution is 2.26. The summed E-state index contributed by atoms with van der Waals surface area (Å²) in [5.74, 6) is 1.19. The third kappa shape index (κ3) is 4.75. The van der Waals surface area contributed by atoms with Gasteiger partial charge in [0.25, 0.3) is 5.89 Å². The Morgan fingerprint density at radius 2 is 1.60 bits per heavy atom. The van der Waals surface area contributed by atoms with Gasteiger partial charge in [-0.05, 0) is 25.1 Å². The van der Waals surface area contributed by atoms with E-state index in [0.717, 1.165) is 17.5 Å². The summed E-state index contributed by atoms with van der Waals surface area (Å²) < 4.78 is 11.5. The van der Waals surface area contributed by atoms with Crippen molar-refractivity contribution in [2.24, 2.45) is 0 Å². The molecule has 1 N–H and O–H groups in total. The first kappa shape index (κ1) is 17.3. The Kier molecular flexibility index (Phi) is 5.93. The lowest BCUT2D eigenvalue weighted by molar-refractivity contribution is 0.0493. The summed E-state index contributed by atoms with van der Waals surface area (Å²) in [6.07, 6.45) is 0.551. The van der Waals surface area contributed by atoms with Gasteiger partial charge in [-0.3, -0.25) is 0 Å². The number of nitrogens with zero attached hydrogens (tertiary/aromatic N) is 2. The molecule has 130 valence electrons. The van der Waals surface area contributed by atoms with Crippen molar-refractivity contribution in [3.05, 3.63) is 83.5 Å². The lowest BCUT2D eigenvalue weighted by atomic mass is 10.0. The molecule has 0 radical (unpaired) electrons. The molecule has 0 aliphatic rings. The summed E-state index contributed by atoms with van der Waals surface area (Å²) >= 11 is 0. The van der Waals surface area contributed by atoms with Gasteiger partial charge < -0.3 is 14.6 Å². The molecule has 3 rings (SSSR count). The summed E-state index contributed by atoms with van der Waals surface area (Å²) in [7, 11) is 1.92. The van der Waals surface area contributed by atoms with Gasteiger partial charge in [-0.1, -0.05) is 65.8 Å². The topological polar surface area (TPSA) is 60.2 Å². The molecule has 1 atom stereocenters. The highest BCUT2D eigenvalue weighted by Gasteiger charge is 2.17. The van der Waals surface area contributed by atoms with Gasteiger partial charge in [0.15, 0.2) is 5.82 Å². The van der Waals surface area contributed by atoms with E-state index < -0.39 is 0 Å².